The molecule has 4 heteroatoms. The molecule has 0 aliphatic rings. The second-order valence-electron chi connectivity index (χ2n) is 5.29. The van der Waals surface area contributed by atoms with Crippen LogP contribution in [0, 0.1) is 6.92 Å². The Bertz CT molecular complexity index is 645. The van der Waals surface area contributed by atoms with Crippen molar-refractivity contribution in [3.63, 3.8) is 0 Å². The monoisotopic (exact) mass is 288 g/mol. The van der Waals surface area contributed by atoms with E-state index in [0.717, 1.165) is 16.6 Å². The van der Waals surface area contributed by atoms with Crippen molar-refractivity contribution >= 4 is 11.8 Å². The Morgan fingerprint density at radius 1 is 1.25 bits per heavy atom. The van der Waals surface area contributed by atoms with Crippen molar-refractivity contribution in [2.24, 2.45) is 7.05 Å². The number of nitrogens with zero attached hydrogens (tertiary/aromatic N) is 2. The van der Waals surface area contributed by atoms with Gasteiger partial charge in [-0.1, -0.05) is 55.4 Å². The van der Waals surface area contributed by atoms with E-state index in [0.29, 0.717) is 0 Å². The average Bonchev–Trinajstić information content (AvgIpc) is 2.42. The maximum Gasteiger partial charge on any atom is 0.254 e. The van der Waals surface area contributed by atoms with Crippen LogP contribution in [0.15, 0.2) is 40.3 Å². The number of aryl methyl sites for hydroxylation is 1. The summed E-state index contributed by atoms with van der Waals surface area (Å²) in [5.74, 6) is 1.09. The van der Waals surface area contributed by atoms with Gasteiger partial charge in [-0.25, -0.2) is 4.98 Å². The van der Waals surface area contributed by atoms with E-state index in [-0.39, 0.29) is 11.5 Å². The molecule has 0 saturated carbocycles. The van der Waals surface area contributed by atoms with Crippen LogP contribution < -0.4 is 5.56 Å². The minimum atomic E-state index is 0.00936. The van der Waals surface area contributed by atoms with Crippen LogP contribution in [-0.4, -0.2) is 9.55 Å². The van der Waals surface area contributed by atoms with Gasteiger partial charge in [0.25, 0.3) is 5.56 Å². The van der Waals surface area contributed by atoms with Gasteiger partial charge < -0.3 is 0 Å². The van der Waals surface area contributed by atoms with E-state index in [4.69, 9.17) is 0 Å². The largest absolute Gasteiger partial charge is 0.291 e. The molecule has 0 fully saturated rings. The molecule has 0 radical (unpaired) electrons. The van der Waals surface area contributed by atoms with E-state index in [2.05, 4.69) is 50.0 Å². The van der Waals surface area contributed by atoms with Crippen molar-refractivity contribution in [2.45, 2.75) is 37.6 Å². The lowest BCUT2D eigenvalue weighted by Gasteiger charge is -2.11. The molecular formula is C16H20N2OS. The molecule has 2 rings (SSSR count). The molecule has 0 spiro atoms. The molecule has 0 unspecified atom stereocenters. The predicted octanol–water partition coefficient (Wildman–Crippen LogP) is 3.50. The average molecular weight is 288 g/mol. The SMILES string of the molecule is Cc1ccc(CSc2nc(C(C)C)cc(=O)n2C)cc1. The zero-order chi connectivity index (χ0) is 14.7. The number of rotatable bonds is 4. The van der Waals surface area contributed by atoms with Gasteiger partial charge in [-0.3, -0.25) is 9.36 Å². The van der Waals surface area contributed by atoms with Crippen LogP contribution in [0.4, 0.5) is 0 Å². The van der Waals surface area contributed by atoms with E-state index in [1.165, 1.54) is 11.1 Å². The van der Waals surface area contributed by atoms with Crippen LogP contribution in [0.1, 0.15) is 36.6 Å². The van der Waals surface area contributed by atoms with Gasteiger partial charge in [0.05, 0.1) is 5.69 Å². The standard InChI is InChI=1S/C16H20N2OS/c1-11(2)14-9-15(19)18(4)16(17-14)20-10-13-7-5-12(3)6-8-13/h5-9,11H,10H2,1-4H3. The third-order valence-electron chi connectivity index (χ3n) is 3.19. The van der Waals surface area contributed by atoms with E-state index in [9.17, 15) is 4.79 Å². The molecule has 1 heterocycles. The maximum absolute atomic E-state index is 11.9. The van der Waals surface area contributed by atoms with Crippen molar-refractivity contribution in [3.05, 3.63) is 57.5 Å². The lowest BCUT2D eigenvalue weighted by atomic mass is 10.1. The maximum atomic E-state index is 11.9. The molecule has 1 aromatic carbocycles. The first-order valence-corrected chi connectivity index (χ1v) is 7.72. The molecular weight excluding hydrogens is 268 g/mol. The summed E-state index contributed by atoms with van der Waals surface area (Å²) in [7, 11) is 1.77. The van der Waals surface area contributed by atoms with Gasteiger partial charge >= 0.3 is 0 Å². The van der Waals surface area contributed by atoms with Crippen LogP contribution >= 0.6 is 11.8 Å². The highest BCUT2D eigenvalue weighted by Gasteiger charge is 2.09. The van der Waals surface area contributed by atoms with Gasteiger partial charge in [0.1, 0.15) is 0 Å². The molecule has 106 valence electrons. The molecule has 0 aliphatic heterocycles. The van der Waals surface area contributed by atoms with Crippen molar-refractivity contribution in [2.75, 3.05) is 0 Å². The summed E-state index contributed by atoms with van der Waals surface area (Å²) < 4.78 is 1.62. The zero-order valence-electron chi connectivity index (χ0n) is 12.4. The highest BCUT2D eigenvalue weighted by atomic mass is 32.2. The summed E-state index contributed by atoms with van der Waals surface area (Å²) in [6, 6.07) is 10.1. The fourth-order valence-electron chi connectivity index (χ4n) is 1.79. The Morgan fingerprint density at radius 2 is 1.90 bits per heavy atom. The highest BCUT2D eigenvalue weighted by molar-refractivity contribution is 7.98. The molecule has 3 nitrogen and oxygen atoms in total. The number of benzene rings is 1. The Labute approximate surface area is 124 Å². The molecule has 1 aromatic heterocycles. The molecule has 0 N–H and O–H groups in total. The molecule has 2 aromatic rings. The molecule has 0 aliphatic carbocycles. The molecule has 0 saturated heterocycles. The number of hydrogen-bond donors (Lipinski definition) is 0. The van der Waals surface area contributed by atoms with Crippen LogP contribution in [0.5, 0.6) is 0 Å². The Hall–Kier alpha value is -1.55. The third kappa shape index (κ3) is 3.51. The number of thioether (sulfide) groups is 1. The van der Waals surface area contributed by atoms with E-state index >= 15 is 0 Å². The van der Waals surface area contributed by atoms with Gasteiger partial charge in [0.2, 0.25) is 0 Å². The normalized spacial score (nSPS) is 11.1. The zero-order valence-corrected chi connectivity index (χ0v) is 13.2. The van der Waals surface area contributed by atoms with Crippen LogP contribution in [0.3, 0.4) is 0 Å². The molecule has 0 atom stereocenters. The topological polar surface area (TPSA) is 34.9 Å². The highest BCUT2D eigenvalue weighted by Crippen LogP contribution is 2.21. The summed E-state index contributed by atoms with van der Waals surface area (Å²) in [5.41, 5.74) is 3.37. The van der Waals surface area contributed by atoms with Crippen molar-refractivity contribution < 1.29 is 0 Å². The number of hydrogen-bond acceptors (Lipinski definition) is 3. The molecule has 0 bridgehead atoms. The number of aromatic nitrogens is 2. The van der Waals surface area contributed by atoms with E-state index in [1.54, 1.807) is 29.4 Å². The van der Waals surface area contributed by atoms with Gasteiger partial charge in [0, 0.05) is 18.9 Å². The van der Waals surface area contributed by atoms with Crippen molar-refractivity contribution in [3.8, 4) is 0 Å². The van der Waals surface area contributed by atoms with Gasteiger partial charge in [-0.15, -0.1) is 0 Å². The molecule has 20 heavy (non-hydrogen) atoms. The second-order valence-corrected chi connectivity index (χ2v) is 6.23. The van der Waals surface area contributed by atoms with Crippen molar-refractivity contribution in [1.29, 1.82) is 0 Å². The van der Waals surface area contributed by atoms with E-state index in [1.807, 2.05) is 0 Å². The first kappa shape index (κ1) is 14.9. The Kier molecular flexibility index (Phi) is 4.65. The van der Waals surface area contributed by atoms with Gasteiger partial charge in [-0.2, -0.15) is 0 Å². The predicted molar refractivity (Wildman–Crippen MR) is 84.3 cm³/mol. The minimum Gasteiger partial charge on any atom is -0.291 e. The summed E-state index contributed by atoms with van der Waals surface area (Å²) in [6.45, 7) is 6.18. The Balaban J connectivity index is 2.20. The fraction of sp³-hybridized carbons (Fsp3) is 0.375. The smallest absolute Gasteiger partial charge is 0.254 e. The third-order valence-corrected chi connectivity index (χ3v) is 4.29. The molecule has 0 amide bonds. The summed E-state index contributed by atoms with van der Waals surface area (Å²) in [4.78, 5) is 16.5. The van der Waals surface area contributed by atoms with Crippen molar-refractivity contribution in [1.82, 2.24) is 9.55 Å². The quantitative estimate of drug-likeness (QED) is 0.638. The lowest BCUT2D eigenvalue weighted by molar-refractivity contribution is 0.668. The summed E-state index contributed by atoms with van der Waals surface area (Å²) >= 11 is 1.60. The second kappa shape index (κ2) is 6.27. The van der Waals surface area contributed by atoms with Gasteiger partial charge in [-0.05, 0) is 18.4 Å². The first-order valence-electron chi connectivity index (χ1n) is 6.73. The van der Waals surface area contributed by atoms with E-state index < -0.39 is 0 Å². The summed E-state index contributed by atoms with van der Waals surface area (Å²) in [5, 5.41) is 0.779. The van der Waals surface area contributed by atoms with Crippen LogP contribution in [0.2, 0.25) is 0 Å². The lowest BCUT2D eigenvalue weighted by Crippen LogP contribution is -2.20. The minimum absolute atomic E-state index is 0.00936. The summed E-state index contributed by atoms with van der Waals surface area (Å²) in [6.07, 6.45) is 0. The van der Waals surface area contributed by atoms with Gasteiger partial charge in [0.15, 0.2) is 5.16 Å². The Morgan fingerprint density at radius 3 is 2.50 bits per heavy atom. The van der Waals surface area contributed by atoms with Crippen LogP contribution in [-0.2, 0) is 12.8 Å². The van der Waals surface area contributed by atoms with Crippen LogP contribution in [0.25, 0.3) is 0 Å². The first-order chi connectivity index (χ1) is 9.47. The fourth-order valence-corrected chi connectivity index (χ4v) is 2.73.